The molecule has 3 aliphatic heterocycles. The predicted octanol–water partition coefficient (Wildman–Crippen LogP) is 2.23. The molecule has 194 valence electrons. The average Bonchev–Trinajstić information content (AvgIpc) is 2.90. The summed E-state index contributed by atoms with van der Waals surface area (Å²) in [4.78, 5) is 27.0. The number of sulfonamides is 1. The maximum absolute atomic E-state index is 13.4. The smallest absolute Gasteiger partial charge is 0.266 e. The second-order valence-corrected chi connectivity index (χ2v) is 12.2. The molecule has 9 nitrogen and oxygen atoms in total. The molecule has 1 aromatic carbocycles. The molecule has 0 aromatic heterocycles. The van der Waals surface area contributed by atoms with Crippen molar-refractivity contribution in [2.24, 2.45) is 5.92 Å². The molecule has 1 aromatic rings. The number of unbranched alkanes of at least 4 members (excludes halogenated alkanes) is 1. The molecule has 2 saturated heterocycles. The quantitative estimate of drug-likeness (QED) is 0.317. The number of nitrogens with zero attached hydrogens (tertiary/aromatic N) is 2. The van der Waals surface area contributed by atoms with Gasteiger partial charge in [0.2, 0.25) is 15.9 Å². The summed E-state index contributed by atoms with van der Waals surface area (Å²) < 4.78 is 31.8. The molecule has 0 spiro atoms. The zero-order valence-electron chi connectivity index (χ0n) is 20.3. The number of hydroxylamine groups is 1. The summed E-state index contributed by atoms with van der Waals surface area (Å²) in [6, 6.07) is 8.30. The minimum Gasteiger partial charge on any atom is -0.381 e. The van der Waals surface area contributed by atoms with Crippen LogP contribution >= 0.6 is 0 Å². The maximum atomic E-state index is 13.4. The Morgan fingerprint density at radius 1 is 1.06 bits per heavy atom. The Bertz CT molecular complexity index is 1000. The first-order chi connectivity index (χ1) is 16.9. The highest BCUT2D eigenvalue weighted by Gasteiger charge is 2.54. The van der Waals surface area contributed by atoms with Crippen LogP contribution in [0.1, 0.15) is 62.5 Å². The molecule has 3 heterocycles. The maximum Gasteiger partial charge on any atom is 0.266 e. The van der Waals surface area contributed by atoms with Crippen molar-refractivity contribution in [1.29, 1.82) is 0 Å². The highest BCUT2D eigenvalue weighted by molar-refractivity contribution is 7.91. The van der Waals surface area contributed by atoms with Crippen molar-refractivity contribution in [3.05, 3.63) is 35.4 Å². The van der Waals surface area contributed by atoms with E-state index in [1.54, 1.807) is 5.48 Å². The Balaban J connectivity index is 1.20. The second kappa shape index (κ2) is 11.4. The van der Waals surface area contributed by atoms with E-state index in [1.165, 1.54) is 15.4 Å². The Kier molecular flexibility index (Phi) is 8.46. The number of hydrogen-bond acceptors (Lipinski definition) is 6. The third-order valence-electron chi connectivity index (χ3n) is 7.96. The van der Waals surface area contributed by atoms with Gasteiger partial charge in [-0.15, -0.1) is 0 Å². The summed E-state index contributed by atoms with van der Waals surface area (Å²) in [6.45, 7) is 2.58. The van der Waals surface area contributed by atoms with Crippen LogP contribution in [0.15, 0.2) is 24.3 Å². The lowest BCUT2D eigenvalue weighted by molar-refractivity contribution is -0.134. The monoisotopic (exact) mass is 507 g/mol. The number of nitrogens with one attached hydrogen (secondary N) is 1. The van der Waals surface area contributed by atoms with Gasteiger partial charge in [0.05, 0.1) is 0 Å². The van der Waals surface area contributed by atoms with Gasteiger partial charge in [-0.3, -0.25) is 14.8 Å². The summed E-state index contributed by atoms with van der Waals surface area (Å²) in [6.07, 6.45) is 5.79. The van der Waals surface area contributed by atoms with Crippen LogP contribution in [0.3, 0.4) is 0 Å². The lowest BCUT2D eigenvalue weighted by Crippen LogP contribution is -2.60. The van der Waals surface area contributed by atoms with Gasteiger partial charge in [0.15, 0.2) is 4.75 Å². The fourth-order valence-electron chi connectivity index (χ4n) is 5.67. The molecule has 3 aliphatic rings. The lowest BCUT2D eigenvalue weighted by atomic mass is 9.92. The van der Waals surface area contributed by atoms with E-state index in [9.17, 15) is 23.2 Å². The minimum atomic E-state index is -3.92. The molecule has 35 heavy (non-hydrogen) atoms. The van der Waals surface area contributed by atoms with E-state index in [0.29, 0.717) is 32.0 Å². The number of ether oxygens (including phenoxy) is 1. The summed E-state index contributed by atoms with van der Waals surface area (Å²) in [5, 5.41) is 9.19. The molecule has 2 amide bonds. The third kappa shape index (κ3) is 5.55. The zero-order chi connectivity index (χ0) is 24.9. The van der Waals surface area contributed by atoms with Crippen molar-refractivity contribution < 1.29 is 28.0 Å². The molecule has 0 radical (unpaired) electrons. The van der Waals surface area contributed by atoms with Crippen LogP contribution in [0.4, 0.5) is 0 Å². The van der Waals surface area contributed by atoms with Crippen LogP contribution in [-0.2, 0) is 37.3 Å². The van der Waals surface area contributed by atoms with Gasteiger partial charge in [-0.25, -0.2) is 18.2 Å². The fraction of sp³-hybridized carbons (Fsp3) is 0.680. The first-order valence-electron chi connectivity index (χ1n) is 12.7. The molecular weight excluding hydrogens is 470 g/mol. The van der Waals surface area contributed by atoms with E-state index in [1.807, 2.05) is 17.0 Å². The van der Waals surface area contributed by atoms with Crippen LogP contribution in [-0.4, -0.2) is 72.2 Å². The number of piperidine rings is 1. The summed E-state index contributed by atoms with van der Waals surface area (Å²) in [5.41, 5.74) is 4.15. The Morgan fingerprint density at radius 3 is 2.43 bits per heavy atom. The number of rotatable bonds is 8. The summed E-state index contributed by atoms with van der Waals surface area (Å²) >= 11 is 0. The topological polar surface area (TPSA) is 116 Å². The third-order valence-corrected chi connectivity index (χ3v) is 10.6. The van der Waals surface area contributed by atoms with Crippen molar-refractivity contribution in [3.8, 4) is 0 Å². The highest BCUT2D eigenvalue weighted by atomic mass is 32.2. The summed E-state index contributed by atoms with van der Waals surface area (Å²) in [5.74, 6) is -0.246. The van der Waals surface area contributed by atoms with E-state index in [2.05, 4.69) is 12.1 Å². The SMILES string of the molecule is O=C(CCCCC1CCN(S(=O)(=O)C2(C(=O)NO)CCOCC2)CC1)N1CCc2ccccc2C1. The number of benzene rings is 1. The molecule has 4 rings (SSSR count). The molecule has 10 heteroatoms. The zero-order valence-corrected chi connectivity index (χ0v) is 21.1. The molecule has 2 fully saturated rings. The van der Waals surface area contributed by atoms with Crippen LogP contribution < -0.4 is 5.48 Å². The number of hydrogen-bond donors (Lipinski definition) is 2. The molecule has 0 aliphatic carbocycles. The van der Waals surface area contributed by atoms with Gasteiger partial charge >= 0.3 is 0 Å². The molecule has 0 saturated carbocycles. The van der Waals surface area contributed by atoms with Crippen molar-refractivity contribution in [1.82, 2.24) is 14.7 Å². The van der Waals surface area contributed by atoms with Crippen molar-refractivity contribution >= 4 is 21.8 Å². The minimum absolute atomic E-state index is 0.0400. The first kappa shape index (κ1) is 26.1. The van der Waals surface area contributed by atoms with Gasteiger partial charge in [-0.05, 0) is 42.7 Å². The fourth-order valence-corrected chi connectivity index (χ4v) is 7.81. The van der Waals surface area contributed by atoms with Gasteiger partial charge in [0, 0.05) is 58.7 Å². The molecule has 0 unspecified atom stereocenters. The average molecular weight is 508 g/mol. The standard InChI is InChI=1S/C25H37N3O6S/c29-23(27-14-11-21-6-2-3-7-22(21)19-27)8-4-1-5-20-9-15-28(16-10-20)35(32,33)25(24(30)26-31)12-17-34-18-13-25/h2-3,6-7,20,31H,1,4-5,8-19H2,(H,26,30). The predicted molar refractivity (Wildman–Crippen MR) is 130 cm³/mol. The lowest BCUT2D eigenvalue weighted by Gasteiger charge is -2.40. The van der Waals surface area contributed by atoms with Gasteiger partial charge in [0.25, 0.3) is 5.91 Å². The van der Waals surface area contributed by atoms with Crippen LogP contribution in [0, 0.1) is 5.92 Å². The van der Waals surface area contributed by atoms with Gasteiger partial charge in [-0.2, -0.15) is 0 Å². The van der Waals surface area contributed by atoms with Crippen molar-refractivity contribution in [2.75, 3.05) is 32.8 Å². The molecular formula is C25H37N3O6S. The van der Waals surface area contributed by atoms with Gasteiger partial charge in [0.1, 0.15) is 0 Å². The first-order valence-corrected chi connectivity index (χ1v) is 14.2. The second-order valence-electron chi connectivity index (χ2n) is 9.97. The Hall–Kier alpha value is -2.01. The van der Waals surface area contributed by atoms with Gasteiger partial charge in [-0.1, -0.05) is 37.1 Å². The Morgan fingerprint density at radius 2 is 1.74 bits per heavy atom. The van der Waals surface area contributed by atoms with Crippen LogP contribution in [0.2, 0.25) is 0 Å². The molecule has 2 N–H and O–H groups in total. The van der Waals surface area contributed by atoms with E-state index >= 15 is 0 Å². The van der Waals surface area contributed by atoms with Crippen LogP contribution in [0.5, 0.6) is 0 Å². The Labute approximate surface area is 207 Å². The van der Waals surface area contributed by atoms with E-state index < -0.39 is 20.7 Å². The van der Waals surface area contributed by atoms with Crippen molar-refractivity contribution in [2.45, 2.75) is 69.1 Å². The van der Waals surface area contributed by atoms with E-state index in [-0.39, 0.29) is 32.0 Å². The van der Waals surface area contributed by atoms with E-state index in [0.717, 1.165) is 45.1 Å². The summed E-state index contributed by atoms with van der Waals surface area (Å²) in [7, 11) is -3.92. The molecule has 0 bridgehead atoms. The molecule has 0 atom stereocenters. The van der Waals surface area contributed by atoms with E-state index in [4.69, 9.17) is 4.74 Å². The van der Waals surface area contributed by atoms with Gasteiger partial charge < -0.3 is 9.64 Å². The number of fused-ring (bicyclic) bond motifs is 1. The normalized spacial score (nSPS) is 21.3. The number of carbonyl (C=O) groups excluding carboxylic acids is 2. The number of amides is 2. The van der Waals surface area contributed by atoms with Crippen LogP contribution in [0.25, 0.3) is 0 Å². The number of carbonyl (C=O) groups is 2. The van der Waals surface area contributed by atoms with Crippen molar-refractivity contribution in [3.63, 3.8) is 0 Å². The highest BCUT2D eigenvalue weighted by Crippen LogP contribution is 2.35. The largest absolute Gasteiger partial charge is 0.381 e.